The van der Waals surface area contributed by atoms with Crippen LogP contribution in [0.5, 0.6) is 0 Å². The van der Waals surface area contributed by atoms with Crippen LogP contribution in [0.15, 0.2) is 48.7 Å². The Morgan fingerprint density at radius 2 is 1.59 bits per heavy atom. The standard InChI is InChI=1S/C18H17Cl2N3.C2H2O4/c1-12-6-8-13(9-7-12)17-11-22-18(23(17)2)21-10-14-15(19)4-3-5-16(14)20;3-1(4)2(5)6/h3-9,11H,10H2,1-2H3,(H,21,22);(H,3,4)(H,5,6). The fourth-order valence-corrected chi connectivity index (χ4v) is 2.97. The van der Waals surface area contributed by atoms with Crippen LogP contribution in [0.1, 0.15) is 11.1 Å². The van der Waals surface area contributed by atoms with E-state index in [1.54, 1.807) is 0 Å². The van der Waals surface area contributed by atoms with Crippen LogP contribution < -0.4 is 5.32 Å². The first-order valence-electron chi connectivity index (χ1n) is 8.42. The minimum absolute atomic E-state index is 0.525. The highest BCUT2D eigenvalue weighted by atomic mass is 35.5. The molecule has 3 N–H and O–H groups in total. The molecule has 0 amide bonds. The van der Waals surface area contributed by atoms with Gasteiger partial charge < -0.3 is 20.1 Å². The molecular weight excluding hydrogens is 417 g/mol. The maximum absolute atomic E-state index is 9.10. The number of benzene rings is 2. The number of carboxylic acid groups (broad SMARTS) is 2. The minimum atomic E-state index is -1.82. The lowest BCUT2D eigenvalue weighted by Crippen LogP contribution is -2.09. The second-order valence-corrected chi connectivity index (χ2v) is 6.87. The monoisotopic (exact) mass is 435 g/mol. The van der Waals surface area contributed by atoms with Gasteiger partial charge in [0.05, 0.1) is 11.9 Å². The largest absolute Gasteiger partial charge is 0.473 e. The highest BCUT2D eigenvalue weighted by molar-refractivity contribution is 6.36. The van der Waals surface area contributed by atoms with Crippen molar-refractivity contribution >= 4 is 41.1 Å². The van der Waals surface area contributed by atoms with Gasteiger partial charge in [-0.25, -0.2) is 14.6 Å². The number of aromatic nitrogens is 2. The molecule has 0 unspecified atom stereocenters. The molecule has 0 bridgehead atoms. The molecule has 1 aromatic heterocycles. The van der Waals surface area contributed by atoms with E-state index >= 15 is 0 Å². The van der Waals surface area contributed by atoms with Crippen molar-refractivity contribution in [2.45, 2.75) is 13.5 Å². The van der Waals surface area contributed by atoms with Gasteiger partial charge in [-0.3, -0.25) is 0 Å². The molecule has 0 radical (unpaired) electrons. The van der Waals surface area contributed by atoms with Gasteiger partial charge in [-0.05, 0) is 24.6 Å². The van der Waals surface area contributed by atoms with E-state index in [-0.39, 0.29) is 0 Å². The Bertz CT molecular complexity index is 985. The third kappa shape index (κ3) is 5.97. The van der Waals surface area contributed by atoms with Crippen LogP contribution in [0.3, 0.4) is 0 Å². The van der Waals surface area contributed by atoms with E-state index in [4.69, 9.17) is 43.0 Å². The van der Waals surface area contributed by atoms with Crippen LogP contribution in [0, 0.1) is 6.92 Å². The normalized spacial score (nSPS) is 10.1. The van der Waals surface area contributed by atoms with Gasteiger partial charge in [0.15, 0.2) is 0 Å². The Morgan fingerprint density at radius 1 is 1.03 bits per heavy atom. The maximum atomic E-state index is 9.10. The number of halogens is 2. The van der Waals surface area contributed by atoms with E-state index in [1.807, 2.05) is 36.0 Å². The Hall–Kier alpha value is -3.03. The van der Waals surface area contributed by atoms with Gasteiger partial charge in [0.1, 0.15) is 0 Å². The topological polar surface area (TPSA) is 104 Å². The summed E-state index contributed by atoms with van der Waals surface area (Å²) in [6.45, 7) is 2.60. The van der Waals surface area contributed by atoms with Crippen molar-refractivity contribution in [3.63, 3.8) is 0 Å². The lowest BCUT2D eigenvalue weighted by atomic mass is 10.1. The number of imidazole rings is 1. The molecule has 1 heterocycles. The second kappa shape index (κ2) is 9.95. The molecule has 0 atom stereocenters. The fourth-order valence-electron chi connectivity index (χ4n) is 2.43. The summed E-state index contributed by atoms with van der Waals surface area (Å²) in [4.78, 5) is 22.7. The number of carbonyl (C=O) groups is 2. The number of anilines is 1. The Kier molecular flexibility index (Phi) is 7.64. The van der Waals surface area contributed by atoms with Gasteiger partial charge in [0.2, 0.25) is 5.95 Å². The molecule has 29 heavy (non-hydrogen) atoms. The summed E-state index contributed by atoms with van der Waals surface area (Å²) in [5, 5.41) is 19.4. The number of nitrogens with one attached hydrogen (secondary N) is 1. The molecule has 0 aliphatic rings. The summed E-state index contributed by atoms with van der Waals surface area (Å²) in [5.41, 5.74) is 4.30. The van der Waals surface area contributed by atoms with Crippen LogP contribution in [0.2, 0.25) is 10.0 Å². The SMILES string of the molecule is Cc1ccc(-c2cnc(NCc3c(Cl)cccc3Cl)n2C)cc1.O=C(O)C(=O)O. The molecule has 152 valence electrons. The van der Waals surface area contributed by atoms with E-state index in [1.165, 1.54) is 5.56 Å². The zero-order valence-corrected chi connectivity index (χ0v) is 17.2. The van der Waals surface area contributed by atoms with Gasteiger partial charge in [-0.2, -0.15) is 0 Å². The van der Waals surface area contributed by atoms with Crippen molar-refractivity contribution in [1.82, 2.24) is 9.55 Å². The molecular formula is C20H19Cl2N3O4. The lowest BCUT2D eigenvalue weighted by molar-refractivity contribution is -0.159. The highest BCUT2D eigenvalue weighted by Gasteiger charge is 2.10. The molecule has 3 rings (SSSR count). The number of hydrogen-bond acceptors (Lipinski definition) is 4. The summed E-state index contributed by atoms with van der Waals surface area (Å²) in [6, 6.07) is 13.9. The first-order valence-corrected chi connectivity index (χ1v) is 9.18. The number of aryl methyl sites for hydroxylation is 1. The van der Waals surface area contributed by atoms with Crippen molar-refractivity contribution in [1.29, 1.82) is 0 Å². The van der Waals surface area contributed by atoms with Crippen molar-refractivity contribution < 1.29 is 19.8 Å². The van der Waals surface area contributed by atoms with E-state index in [9.17, 15) is 0 Å². The van der Waals surface area contributed by atoms with Crippen LogP contribution in [0.4, 0.5) is 5.95 Å². The number of carboxylic acids is 2. The molecule has 0 aliphatic heterocycles. The zero-order valence-electron chi connectivity index (χ0n) is 15.7. The predicted octanol–water partition coefficient (Wildman–Crippen LogP) is 4.47. The molecule has 3 aromatic rings. The lowest BCUT2D eigenvalue weighted by Gasteiger charge is -2.11. The second-order valence-electron chi connectivity index (χ2n) is 6.06. The van der Waals surface area contributed by atoms with Crippen LogP contribution >= 0.6 is 23.2 Å². The maximum Gasteiger partial charge on any atom is 0.414 e. The Labute approximate surface area is 177 Å². The molecule has 7 nitrogen and oxygen atoms in total. The molecule has 0 aliphatic carbocycles. The summed E-state index contributed by atoms with van der Waals surface area (Å²) >= 11 is 12.4. The third-order valence-corrected chi connectivity index (χ3v) is 4.71. The Morgan fingerprint density at radius 3 is 2.10 bits per heavy atom. The van der Waals surface area contributed by atoms with E-state index < -0.39 is 11.9 Å². The van der Waals surface area contributed by atoms with Gasteiger partial charge in [-0.1, -0.05) is 59.1 Å². The van der Waals surface area contributed by atoms with Crippen LogP contribution in [-0.4, -0.2) is 31.7 Å². The molecule has 9 heteroatoms. The molecule has 0 fully saturated rings. The quantitative estimate of drug-likeness (QED) is 0.522. The first-order chi connectivity index (χ1) is 13.7. The fraction of sp³-hybridized carbons (Fsp3) is 0.150. The smallest absolute Gasteiger partial charge is 0.414 e. The number of aliphatic carboxylic acids is 2. The van der Waals surface area contributed by atoms with E-state index in [0.29, 0.717) is 16.6 Å². The molecule has 2 aromatic carbocycles. The first kappa shape index (κ1) is 22.3. The van der Waals surface area contributed by atoms with Crippen molar-refractivity contribution in [3.05, 3.63) is 69.8 Å². The minimum Gasteiger partial charge on any atom is -0.473 e. The highest BCUT2D eigenvalue weighted by Crippen LogP contribution is 2.26. The van der Waals surface area contributed by atoms with Crippen LogP contribution in [-0.2, 0) is 23.2 Å². The summed E-state index contributed by atoms with van der Waals surface area (Å²) in [6.07, 6.45) is 1.86. The van der Waals surface area contributed by atoms with E-state index in [2.05, 4.69) is 41.5 Å². The summed E-state index contributed by atoms with van der Waals surface area (Å²) in [7, 11) is 1.98. The predicted molar refractivity (Wildman–Crippen MR) is 112 cm³/mol. The van der Waals surface area contributed by atoms with Crippen molar-refractivity contribution in [3.8, 4) is 11.3 Å². The number of rotatable bonds is 4. The van der Waals surface area contributed by atoms with Gasteiger partial charge in [0, 0.05) is 29.2 Å². The molecule has 0 saturated carbocycles. The van der Waals surface area contributed by atoms with Gasteiger partial charge >= 0.3 is 11.9 Å². The van der Waals surface area contributed by atoms with Crippen LogP contribution in [0.25, 0.3) is 11.3 Å². The van der Waals surface area contributed by atoms with Crippen molar-refractivity contribution in [2.24, 2.45) is 7.05 Å². The summed E-state index contributed by atoms with van der Waals surface area (Å²) < 4.78 is 2.02. The Balaban J connectivity index is 0.000000438. The van der Waals surface area contributed by atoms with E-state index in [0.717, 1.165) is 22.8 Å². The summed E-state index contributed by atoms with van der Waals surface area (Å²) in [5.74, 6) is -2.87. The molecule has 0 saturated heterocycles. The van der Waals surface area contributed by atoms with Gasteiger partial charge in [0.25, 0.3) is 0 Å². The average molecular weight is 436 g/mol. The average Bonchev–Trinajstić information content (AvgIpc) is 3.03. The zero-order chi connectivity index (χ0) is 21.6. The van der Waals surface area contributed by atoms with Crippen molar-refractivity contribution in [2.75, 3.05) is 5.32 Å². The molecule has 0 spiro atoms. The number of hydrogen-bond donors (Lipinski definition) is 3. The number of nitrogens with zero attached hydrogens (tertiary/aromatic N) is 2. The van der Waals surface area contributed by atoms with Gasteiger partial charge in [-0.15, -0.1) is 0 Å². The third-order valence-electron chi connectivity index (χ3n) is 4.00.